The molecule has 2 atom stereocenters. The first kappa shape index (κ1) is 19.2. The van der Waals surface area contributed by atoms with Crippen LogP contribution in [0.25, 0.3) is 0 Å². The Hall–Kier alpha value is -1.60. The number of ether oxygens (including phenoxy) is 2. The predicted molar refractivity (Wildman–Crippen MR) is 104 cm³/mol. The molecule has 26 heavy (non-hydrogen) atoms. The van der Waals surface area contributed by atoms with Crippen LogP contribution >= 0.6 is 35.0 Å². The fourth-order valence-electron chi connectivity index (χ4n) is 2.59. The maximum absolute atomic E-state index is 11.1. The van der Waals surface area contributed by atoms with Gasteiger partial charge in [-0.05, 0) is 29.8 Å². The normalized spacial score (nSPS) is 19.3. The molecule has 2 unspecified atom stereocenters. The molecule has 1 heterocycles. The van der Waals surface area contributed by atoms with E-state index in [0.717, 1.165) is 5.56 Å². The summed E-state index contributed by atoms with van der Waals surface area (Å²) < 4.78 is 11.3. The Morgan fingerprint density at radius 1 is 1.27 bits per heavy atom. The number of carboxylic acid groups (broad SMARTS) is 1. The molecule has 0 aliphatic carbocycles. The second-order valence-corrected chi connectivity index (χ2v) is 7.62. The molecule has 0 amide bonds. The van der Waals surface area contributed by atoms with Gasteiger partial charge < -0.3 is 14.6 Å². The van der Waals surface area contributed by atoms with Crippen LogP contribution < -0.4 is 14.8 Å². The number of benzene rings is 2. The number of carboxylic acids is 1. The Bertz CT molecular complexity index is 798. The first-order valence-electron chi connectivity index (χ1n) is 7.83. The van der Waals surface area contributed by atoms with Crippen LogP contribution in [0.3, 0.4) is 0 Å². The van der Waals surface area contributed by atoms with Crippen molar-refractivity contribution in [3.8, 4) is 11.5 Å². The molecule has 1 fully saturated rings. The molecular formula is C18H17Cl2NO4S. The minimum atomic E-state index is -0.844. The van der Waals surface area contributed by atoms with Crippen molar-refractivity contribution in [2.45, 2.75) is 18.0 Å². The predicted octanol–water partition coefficient (Wildman–Crippen LogP) is 4.37. The zero-order valence-electron chi connectivity index (χ0n) is 13.9. The molecule has 3 rings (SSSR count). The van der Waals surface area contributed by atoms with Crippen molar-refractivity contribution in [2.75, 3.05) is 12.9 Å². The summed E-state index contributed by atoms with van der Waals surface area (Å²) in [5, 5.41) is 13.2. The number of methoxy groups -OCH3 is 1. The molecule has 1 aliphatic rings. The molecular weight excluding hydrogens is 397 g/mol. The molecule has 1 aliphatic heterocycles. The smallest absolute Gasteiger partial charge is 0.321 e. The lowest BCUT2D eigenvalue weighted by atomic mass is 10.2. The largest absolute Gasteiger partial charge is 0.493 e. The van der Waals surface area contributed by atoms with Crippen LogP contribution in [0.2, 0.25) is 10.0 Å². The molecule has 8 heteroatoms. The van der Waals surface area contributed by atoms with E-state index in [-0.39, 0.29) is 12.0 Å². The van der Waals surface area contributed by atoms with E-state index in [1.165, 1.54) is 0 Å². The van der Waals surface area contributed by atoms with Gasteiger partial charge in [0.25, 0.3) is 0 Å². The van der Waals surface area contributed by atoms with Crippen molar-refractivity contribution in [3.05, 3.63) is 57.6 Å². The second kappa shape index (κ2) is 8.39. The van der Waals surface area contributed by atoms with Crippen LogP contribution in [0.15, 0.2) is 36.4 Å². The van der Waals surface area contributed by atoms with Gasteiger partial charge >= 0.3 is 5.97 Å². The number of thioether (sulfide) groups is 1. The molecule has 138 valence electrons. The highest BCUT2D eigenvalue weighted by Gasteiger charge is 2.30. The monoisotopic (exact) mass is 413 g/mol. The molecule has 2 N–H and O–H groups in total. The highest BCUT2D eigenvalue weighted by atomic mass is 35.5. The Morgan fingerprint density at radius 3 is 2.62 bits per heavy atom. The summed E-state index contributed by atoms with van der Waals surface area (Å²) in [4.78, 5) is 11.1. The van der Waals surface area contributed by atoms with Gasteiger partial charge in [-0.1, -0.05) is 35.3 Å². The van der Waals surface area contributed by atoms with Crippen molar-refractivity contribution in [2.24, 2.45) is 0 Å². The number of aliphatic carboxylic acids is 1. The van der Waals surface area contributed by atoms with E-state index in [2.05, 4.69) is 5.32 Å². The third-order valence-corrected chi connectivity index (χ3v) is 5.98. The molecule has 5 nitrogen and oxygen atoms in total. The van der Waals surface area contributed by atoms with E-state index in [4.69, 9.17) is 37.8 Å². The maximum atomic E-state index is 11.1. The molecule has 1 saturated heterocycles. The number of rotatable bonds is 6. The summed E-state index contributed by atoms with van der Waals surface area (Å²) in [6.45, 7) is 0.214. The van der Waals surface area contributed by atoms with Crippen LogP contribution in [0, 0.1) is 0 Å². The Morgan fingerprint density at radius 2 is 2.00 bits per heavy atom. The van der Waals surface area contributed by atoms with Crippen molar-refractivity contribution >= 4 is 40.9 Å². The lowest BCUT2D eigenvalue weighted by molar-refractivity contribution is -0.138. The second-order valence-electron chi connectivity index (χ2n) is 5.67. The minimum absolute atomic E-state index is 0.0999. The average molecular weight is 414 g/mol. The number of hydrogen-bond acceptors (Lipinski definition) is 5. The Labute approximate surface area is 165 Å². The number of hydrogen-bond donors (Lipinski definition) is 2. The molecule has 2 aromatic rings. The Balaban J connectivity index is 1.74. The Kier molecular flexibility index (Phi) is 6.19. The number of halogens is 2. The minimum Gasteiger partial charge on any atom is -0.493 e. The van der Waals surface area contributed by atoms with Gasteiger partial charge in [0, 0.05) is 21.4 Å². The van der Waals surface area contributed by atoms with E-state index in [1.807, 2.05) is 12.1 Å². The first-order valence-corrected chi connectivity index (χ1v) is 9.64. The lowest BCUT2D eigenvalue weighted by Crippen LogP contribution is -2.33. The van der Waals surface area contributed by atoms with Crippen molar-refractivity contribution in [1.82, 2.24) is 5.32 Å². The van der Waals surface area contributed by atoms with E-state index in [0.29, 0.717) is 32.9 Å². The molecule has 0 saturated carbocycles. The average Bonchev–Trinajstić information content (AvgIpc) is 3.12. The highest BCUT2D eigenvalue weighted by Crippen LogP contribution is 2.38. The van der Waals surface area contributed by atoms with Gasteiger partial charge in [-0.15, -0.1) is 11.8 Å². The van der Waals surface area contributed by atoms with Crippen molar-refractivity contribution in [1.29, 1.82) is 0 Å². The fourth-order valence-corrected chi connectivity index (χ4v) is 4.32. The van der Waals surface area contributed by atoms with Crippen LogP contribution in [0.5, 0.6) is 11.5 Å². The van der Waals surface area contributed by atoms with Gasteiger partial charge in [0.05, 0.1) is 12.5 Å². The van der Waals surface area contributed by atoms with E-state index < -0.39 is 12.0 Å². The number of nitrogens with one attached hydrogen (secondary N) is 1. The van der Waals surface area contributed by atoms with Crippen molar-refractivity contribution < 1.29 is 19.4 Å². The van der Waals surface area contributed by atoms with Crippen molar-refractivity contribution in [3.63, 3.8) is 0 Å². The summed E-state index contributed by atoms with van der Waals surface area (Å²) in [5.74, 6) is 0.798. The zero-order chi connectivity index (χ0) is 18.7. The van der Waals surface area contributed by atoms with E-state index in [9.17, 15) is 4.79 Å². The fraction of sp³-hybridized carbons (Fsp3) is 0.278. The maximum Gasteiger partial charge on any atom is 0.321 e. The van der Waals surface area contributed by atoms with Gasteiger partial charge in [-0.2, -0.15) is 0 Å². The number of carbonyl (C=O) groups is 1. The van der Waals surface area contributed by atoms with Gasteiger partial charge in [0.15, 0.2) is 11.5 Å². The summed E-state index contributed by atoms with van der Waals surface area (Å²) in [6, 6.07) is 10.3. The summed E-state index contributed by atoms with van der Waals surface area (Å²) in [7, 11) is 1.56. The topological polar surface area (TPSA) is 67.8 Å². The lowest BCUT2D eigenvalue weighted by Gasteiger charge is -2.16. The molecule has 0 radical (unpaired) electrons. The molecule has 0 bridgehead atoms. The summed E-state index contributed by atoms with van der Waals surface area (Å²) in [6.07, 6.45) is 0. The summed E-state index contributed by atoms with van der Waals surface area (Å²) >= 11 is 13.9. The molecule has 0 aromatic heterocycles. The van der Waals surface area contributed by atoms with Gasteiger partial charge in [0.1, 0.15) is 12.6 Å². The zero-order valence-corrected chi connectivity index (χ0v) is 16.2. The van der Waals surface area contributed by atoms with E-state index in [1.54, 1.807) is 43.1 Å². The van der Waals surface area contributed by atoms with E-state index >= 15 is 0 Å². The summed E-state index contributed by atoms with van der Waals surface area (Å²) in [5.41, 5.74) is 1.64. The van der Waals surface area contributed by atoms with Gasteiger partial charge in [-0.25, -0.2) is 0 Å². The molecule has 0 spiro atoms. The third kappa shape index (κ3) is 4.20. The van der Waals surface area contributed by atoms with Crippen LogP contribution in [0.4, 0.5) is 0 Å². The van der Waals surface area contributed by atoms with Crippen LogP contribution in [0.1, 0.15) is 16.5 Å². The van der Waals surface area contributed by atoms with Crippen LogP contribution in [-0.2, 0) is 11.4 Å². The molecule has 2 aromatic carbocycles. The first-order chi connectivity index (χ1) is 12.5. The standard InChI is InChI=1S/C18H17Cl2NO4S/c1-24-16-7-10(17-21-14(9-26-17)18(22)23)5-6-15(16)25-8-11-12(19)3-2-4-13(11)20/h2-7,14,17,21H,8-9H2,1H3,(H,22,23). The van der Waals surface area contributed by atoms with Crippen LogP contribution in [-0.4, -0.2) is 30.0 Å². The SMILES string of the molecule is COc1cc(C2NC(C(=O)O)CS2)ccc1OCc1c(Cl)cccc1Cl. The van der Waals surface area contributed by atoms with Gasteiger partial charge in [-0.3, -0.25) is 10.1 Å². The third-order valence-electron chi connectivity index (χ3n) is 4.00. The quantitative estimate of drug-likeness (QED) is 0.732. The highest BCUT2D eigenvalue weighted by molar-refractivity contribution is 7.99. The van der Waals surface area contributed by atoms with Gasteiger partial charge in [0.2, 0.25) is 0 Å².